The monoisotopic (exact) mass is 428 g/mol. The zero-order valence-electron chi connectivity index (χ0n) is 16.7. The van der Waals surface area contributed by atoms with Crippen LogP contribution in [-0.2, 0) is 22.5 Å². The van der Waals surface area contributed by atoms with Crippen LogP contribution in [0.2, 0.25) is 0 Å². The normalized spacial score (nSPS) is 18.2. The first-order valence-corrected chi connectivity index (χ1v) is 10.7. The van der Waals surface area contributed by atoms with Crippen LogP contribution in [0.1, 0.15) is 28.0 Å². The van der Waals surface area contributed by atoms with Crippen LogP contribution in [-0.4, -0.2) is 46.8 Å². The Morgan fingerprint density at radius 1 is 1.37 bits per heavy atom. The molecule has 0 amide bonds. The van der Waals surface area contributed by atoms with Gasteiger partial charge in [0.2, 0.25) is 0 Å². The number of hydrogen-bond acceptors (Lipinski definition) is 7. The fourth-order valence-electron chi connectivity index (χ4n) is 3.56. The summed E-state index contributed by atoms with van der Waals surface area (Å²) < 4.78 is 17.0. The second kappa shape index (κ2) is 9.42. The van der Waals surface area contributed by atoms with E-state index in [4.69, 9.17) is 13.9 Å². The number of carboxylic acids is 1. The highest BCUT2D eigenvalue weighted by molar-refractivity contribution is 7.09. The summed E-state index contributed by atoms with van der Waals surface area (Å²) in [6.07, 6.45) is 1.91. The molecule has 2 atom stereocenters. The summed E-state index contributed by atoms with van der Waals surface area (Å²) >= 11 is 1.69. The number of aryl methyl sites for hydroxylation is 1. The van der Waals surface area contributed by atoms with Gasteiger partial charge in [0.25, 0.3) is 0 Å². The van der Waals surface area contributed by atoms with Crippen molar-refractivity contribution in [3.63, 3.8) is 0 Å². The van der Waals surface area contributed by atoms with E-state index in [1.807, 2.05) is 47.5 Å². The van der Waals surface area contributed by atoms with Gasteiger partial charge in [0.1, 0.15) is 29.3 Å². The zero-order valence-corrected chi connectivity index (χ0v) is 17.5. The molecule has 30 heavy (non-hydrogen) atoms. The standard InChI is InChI=1S/C22H24N2O5S/c1-15-21(23-14-28-15)20(11-18-3-2-10-30-18)29-17-6-4-16(5-7-17)12-24-8-9-27-13-19(24)22(25)26/h2-7,10,14,19-20H,8-9,11-13H2,1H3,(H,25,26). The van der Waals surface area contributed by atoms with Gasteiger partial charge in [-0.3, -0.25) is 9.69 Å². The number of aliphatic carboxylic acids is 1. The molecule has 2 aromatic heterocycles. The van der Waals surface area contributed by atoms with E-state index in [-0.39, 0.29) is 12.7 Å². The third-order valence-electron chi connectivity index (χ3n) is 5.17. The minimum atomic E-state index is -0.853. The van der Waals surface area contributed by atoms with Gasteiger partial charge in [-0.25, -0.2) is 4.98 Å². The van der Waals surface area contributed by atoms with E-state index >= 15 is 0 Å². The fourth-order valence-corrected chi connectivity index (χ4v) is 4.29. The molecule has 7 nitrogen and oxygen atoms in total. The van der Waals surface area contributed by atoms with Gasteiger partial charge in [0, 0.05) is 24.4 Å². The highest BCUT2D eigenvalue weighted by Crippen LogP contribution is 2.28. The van der Waals surface area contributed by atoms with Gasteiger partial charge in [-0.2, -0.15) is 0 Å². The van der Waals surface area contributed by atoms with E-state index in [1.54, 1.807) is 11.3 Å². The topological polar surface area (TPSA) is 85.0 Å². The number of thiophene rings is 1. The van der Waals surface area contributed by atoms with Crippen molar-refractivity contribution in [2.75, 3.05) is 19.8 Å². The highest BCUT2D eigenvalue weighted by atomic mass is 32.1. The lowest BCUT2D eigenvalue weighted by atomic mass is 10.1. The van der Waals surface area contributed by atoms with Gasteiger partial charge in [-0.15, -0.1) is 11.3 Å². The lowest BCUT2D eigenvalue weighted by Gasteiger charge is -2.32. The van der Waals surface area contributed by atoms with Gasteiger partial charge in [0.05, 0.1) is 13.2 Å². The Hall–Kier alpha value is -2.68. The first-order chi connectivity index (χ1) is 14.6. The molecular weight excluding hydrogens is 404 g/mol. The molecular formula is C22H24N2O5S. The SMILES string of the molecule is Cc1ocnc1C(Cc1cccs1)Oc1ccc(CN2CCOCC2C(=O)O)cc1. The number of nitrogens with zero attached hydrogens (tertiary/aromatic N) is 2. The van der Waals surface area contributed by atoms with Crippen molar-refractivity contribution in [3.05, 3.63) is 70.1 Å². The maximum Gasteiger partial charge on any atom is 0.323 e. The number of carboxylic acid groups (broad SMARTS) is 1. The van der Waals surface area contributed by atoms with Crippen LogP contribution < -0.4 is 4.74 Å². The number of aromatic nitrogens is 1. The predicted molar refractivity (Wildman–Crippen MR) is 112 cm³/mol. The number of oxazole rings is 1. The van der Waals surface area contributed by atoms with Crippen LogP contribution in [0.25, 0.3) is 0 Å². The molecule has 0 spiro atoms. The van der Waals surface area contributed by atoms with E-state index in [2.05, 4.69) is 11.1 Å². The predicted octanol–water partition coefficient (Wildman–Crippen LogP) is 3.69. The Bertz CT molecular complexity index is 954. The largest absolute Gasteiger partial charge is 0.484 e. The number of benzene rings is 1. The zero-order chi connectivity index (χ0) is 20.9. The Morgan fingerprint density at radius 3 is 2.87 bits per heavy atom. The molecule has 1 aliphatic rings. The van der Waals surface area contributed by atoms with E-state index < -0.39 is 12.0 Å². The summed E-state index contributed by atoms with van der Waals surface area (Å²) in [6, 6.07) is 11.3. The third-order valence-corrected chi connectivity index (χ3v) is 6.06. The van der Waals surface area contributed by atoms with Crippen molar-refractivity contribution in [1.29, 1.82) is 0 Å². The minimum absolute atomic E-state index is 0.220. The molecule has 2 unspecified atom stereocenters. The Morgan fingerprint density at radius 2 is 2.20 bits per heavy atom. The van der Waals surface area contributed by atoms with Crippen molar-refractivity contribution < 1.29 is 23.8 Å². The lowest BCUT2D eigenvalue weighted by Crippen LogP contribution is -2.49. The molecule has 0 radical (unpaired) electrons. The van der Waals surface area contributed by atoms with Crippen LogP contribution in [0, 0.1) is 6.92 Å². The van der Waals surface area contributed by atoms with Crippen LogP contribution in [0.15, 0.2) is 52.6 Å². The average Bonchev–Trinajstić information content (AvgIpc) is 3.41. The first kappa shape index (κ1) is 20.6. The summed E-state index contributed by atoms with van der Waals surface area (Å²) in [5.74, 6) is 0.633. The molecule has 8 heteroatoms. The maximum atomic E-state index is 11.4. The van der Waals surface area contributed by atoms with E-state index in [1.165, 1.54) is 11.3 Å². The average molecular weight is 429 g/mol. The summed E-state index contributed by atoms with van der Waals surface area (Å²) in [7, 11) is 0. The molecule has 1 N–H and O–H groups in total. The highest BCUT2D eigenvalue weighted by Gasteiger charge is 2.29. The Balaban J connectivity index is 1.45. The number of carbonyl (C=O) groups is 1. The fraction of sp³-hybridized carbons (Fsp3) is 0.364. The van der Waals surface area contributed by atoms with Crippen molar-refractivity contribution in [3.8, 4) is 5.75 Å². The number of morpholine rings is 1. The van der Waals surface area contributed by atoms with Crippen LogP contribution >= 0.6 is 11.3 Å². The molecule has 3 heterocycles. The smallest absolute Gasteiger partial charge is 0.323 e. The minimum Gasteiger partial charge on any atom is -0.484 e. The molecule has 1 saturated heterocycles. The van der Waals surface area contributed by atoms with Crippen molar-refractivity contribution in [2.45, 2.75) is 32.0 Å². The lowest BCUT2D eigenvalue weighted by molar-refractivity contribution is -0.150. The molecule has 1 aliphatic heterocycles. The molecule has 0 aliphatic carbocycles. The van der Waals surface area contributed by atoms with Crippen LogP contribution in [0.3, 0.4) is 0 Å². The molecule has 0 saturated carbocycles. The molecule has 1 aromatic carbocycles. The number of hydrogen-bond donors (Lipinski definition) is 1. The first-order valence-electron chi connectivity index (χ1n) is 9.82. The van der Waals surface area contributed by atoms with Gasteiger partial charge in [-0.05, 0) is 36.1 Å². The van der Waals surface area contributed by atoms with Gasteiger partial charge < -0.3 is 19.0 Å². The molecule has 4 rings (SSSR count). The molecule has 0 bridgehead atoms. The molecule has 3 aromatic rings. The summed E-state index contributed by atoms with van der Waals surface area (Å²) in [6.45, 7) is 3.81. The van der Waals surface area contributed by atoms with Gasteiger partial charge in [-0.1, -0.05) is 18.2 Å². The Labute approximate surface area is 178 Å². The van der Waals surface area contributed by atoms with Gasteiger partial charge >= 0.3 is 5.97 Å². The number of rotatable bonds is 8. The summed E-state index contributed by atoms with van der Waals surface area (Å²) in [5, 5.41) is 11.4. The van der Waals surface area contributed by atoms with Crippen molar-refractivity contribution in [2.24, 2.45) is 0 Å². The van der Waals surface area contributed by atoms with E-state index in [9.17, 15) is 9.90 Å². The number of ether oxygens (including phenoxy) is 2. The molecule has 1 fully saturated rings. The van der Waals surface area contributed by atoms with E-state index in [0.717, 1.165) is 22.8 Å². The summed E-state index contributed by atoms with van der Waals surface area (Å²) in [4.78, 5) is 18.9. The van der Waals surface area contributed by atoms with Crippen molar-refractivity contribution in [1.82, 2.24) is 9.88 Å². The van der Waals surface area contributed by atoms with Gasteiger partial charge in [0.15, 0.2) is 6.39 Å². The summed E-state index contributed by atoms with van der Waals surface area (Å²) in [5.41, 5.74) is 1.83. The second-order valence-corrected chi connectivity index (χ2v) is 8.26. The van der Waals surface area contributed by atoms with Crippen LogP contribution in [0.5, 0.6) is 5.75 Å². The third kappa shape index (κ3) is 4.89. The Kier molecular flexibility index (Phi) is 6.47. The second-order valence-electron chi connectivity index (χ2n) is 7.23. The molecule has 158 valence electrons. The van der Waals surface area contributed by atoms with E-state index in [0.29, 0.717) is 26.1 Å². The maximum absolute atomic E-state index is 11.4. The quantitative estimate of drug-likeness (QED) is 0.586. The van der Waals surface area contributed by atoms with Crippen LogP contribution in [0.4, 0.5) is 0 Å². The van der Waals surface area contributed by atoms with Crippen molar-refractivity contribution >= 4 is 17.3 Å².